The summed E-state index contributed by atoms with van der Waals surface area (Å²) in [4.78, 5) is 4.44. The third kappa shape index (κ3) is 3.84. The Morgan fingerprint density at radius 3 is 2.68 bits per heavy atom. The van der Waals surface area contributed by atoms with Crippen molar-refractivity contribution in [2.24, 2.45) is 0 Å². The lowest BCUT2D eigenvalue weighted by Crippen LogP contribution is -1.98. The largest absolute Gasteiger partial charge is 0.250 e. The summed E-state index contributed by atoms with van der Waals surface area (Å²) in [5, 5.41) is 1.61. The second-order valence-electron chi connectivity index (χ2n) is 4.92. The minimum absolute atomic E-state index is 0.500. The van der Waals surface area contributed by atoms with Gasteiger partial charge in [-0.25, -0.2) is 4.98 Å². The van der Waals surface area contributed by atoms with Gasteiger partial charge in [-0.05, 0) is 43.5 Å². The van der Waals surface area contributed by atoms with Crippen LogP contribution < -0.4 is 0 Å². The number of nitrogens with zero attached hydrogens (tertiary/aromatic N) is 1. The van der Waals surface area contributed by atoms with Crippen molar-refractivity contribution in [3.63, 3.8) is 0 Å². The van der Waals surface area contributed by atoms with E-state index in [1.807, 2.05) is 24.0 Å². The second kappa shape index (κ2) is 6.76. The molecule has 0 aliphatic heterocycles. The minimum atomic E-state index is 0.500. The Balaban J connectivity index is 2.27. The van der Waals surface area contributed by atoms with E-state index in [9.17, 15) is 0 Å². The lowest BCUT2D eigenvalue weighted by Gasteiger charge is -2.18. The zero-order valence-electron chi connectivity index (χ0n) is 11.9. The van der Waals surface area contributed by atoms with Gasteiger partial charge in [0.2, 0.25) is 0 Å². The Morgan fingerprint density at radius 2 is 2.00 bits per heavy atom. The van der Waals surface area contributed by atoms with Crippen LogP contribution >= 0.6 is 11.8 Å². The van der Waals surface area contributed by atoms with E-state index in [0.29, 0.717) is 5.25 Å². The van der Waals surface area contributed by atoms with Crippen molar-refractivity contribution in [2.45, 2.75) is 43.9 Å². The van der Waals surface area contributed by atoms with E-state index in [1.165, 1.54) is 29.5 Å². The van der Waals surface area contributed by atoms with Gasteiger partial charge in [0.25, 0.3) is 0 Å². The maximum Gasteiger partial charge on any atom is 0.0965 e. The predicted molar refractivity (Wildman–Crippen MR) is 83.7 cm³/mol. The summed E-state index contributed by atoms with van der Waals surface area (Å²) >= 11 is 1.88. The van der Waals surface area contributed by atoms with Gasteiger partial charge >= 0.3 is 0 Å². The molecule has 1 unspecified atom stereocenters. The van der Waals surface area contributed by atoms with E-state index >= 15 is 0 Å². The Kier molecular flexibility index (Phi) is 5.03. The summed E-state index contributed by atoms with van der Waals surface area (Å²) in [6.45, 7) is 6.62. The fraction of sp³-hybridized carbons (Fsp3) is 0.353. The molecule has 1 aromatic heterocycles. The molecular weight excluding hydrogens is 250 g/mol. The summed E-state index contributed by atoms with van der Waals surface area (Å²) in [5.41, 5.74) is 4.17. The van der Waals surface area contributed by atoms with Crippen LogP contribution in [-0.2, 0) is 0 Å². The summed E-state index contributed by atoms with van der Waals surface area (Å²) in [6.07, 6.45) is 4.25. The van der Waals surface area contributed by atoms with Gasteiger partial charge in [-0.2, -0.15) is 0 Å². The molecule has 100 valence electrons. The van der Waals surface area contributed by atoms with E-state index in [4.69, 9.17) is 0 Å². The molecule has 1 aromatic carbocycles. The maximum absolute atomic E-state index is 4.44. The zero-order valence-corrected chi connectivity index (χ0v) is 12.7. The van der Waals surface area contributed by atoms with Crippen LogP contribution in [0.4, 0.5) is 0 Å². The van der Waals surface area contributed by atoms with Crippen molar-refractivity contribution in [3.05, 3.63) is 59.3 Å². The first-order valence-electron chi connectivity index (χ1n) is 6.85. The second-order valence-corrected chi connectivity index (χ2v) is 6.15. The van der Waals surface area contributed by atoms with Crippen LogP contribution in [0.5, 0.6) is 0 Å². The van der Waals surface area contributed by atoms with Crippen LogP contribution in [0.25, 0.3) is 0 Å². The number of rotatable bonds is 5. The Labute approximate surface area is 120 Å². The van der Waals surface area contributed by atoms with Crippen molar-refractivity contribution in [3.8, 4) is 0 Å². The van der Waals surface area contributed by atoms with Crippen molar-refractivity contribution >= 4 is 11.8 Å². The summed E-state index contributed by atoms with van der Waals surface area (Å²) in [5.74, 6) is 0. The molecule has 0 aliphatic carbocycles. The van der Waals surface area contributed by atoms with Gasteiger partial charge in [0.15, 0.2) is 0 Å². The average Bonchev–Trinajstić information content (AvgIpc) is 2.42. The average molecular weight is 271 g/mol. The van der Waals surface area contributed by atoms with Crippen molar-refractivity contribution in [2.75, 3.05) is 0 Å². The molecule has 1 heterocycles. The first-order valence-corrected chi connectivity index (χ1v) is 7.73. The molecule has 0 saturated carbocycles. The van der Waals surface area contributed by atoms with E-state index < -0.39 is 0 Å². The molecule has 2 heteroatoms. The number of aryl methyl sites for hydroxylation is 2. The SMILES string of the molecule is CCCC(Sc1ccccn1)c1cc(C)ccc1C. The van der Waals surface area contributed by atoms with Crippen LogP contribution in [0.1, 0.15) is 41.7 Å². The number of aromatic nitrogens is 1. The highest BCUT2D eigenvalue weighted by atomic mass is 32.2. The number of pyridine rings is 1. The number of benzene rings is 1. The van der Waals surface area contributed by atoms with Crippen LogP contribution in [0.15, 0.2) is 47.6 Å². The third-order valence-corrected chi connectivity index (χ3v) is 4.49. The van der Waals surface area contributed by atoms with Crippen molar-refractivity contribution in [1.82, 2.24) is 4.98 Å². The summed E-state index contributed by atoms with van der Waals surface area (Å²) < 4.78 is 0. The molecule has 1 nitrogen and oxygen atoms in total. The van der Waals surface area contributed by atoms with Gasteiger partial charge in [-0.15, -0.1) is 0 Å². The molecule has 1 atom stereocenters. The predicted octanol–water partition coefficient (Wildman–Crippen LogP) is 5.33. The standard InChI is InChI=1S/C17H21NS/c1-4-7-16(19-17-8-5-6-11-18-17)15-12-13(2)9-10-14(15)3/h5-6,8-12,16H,4,7H2,1-3H3. The number of hydrogen-bond acceptors (Lipinski definition) is 2. The number of thioether (sulfide) groups is 1. The highest BCUT2D eigenvalue weighted by Crippen LogP contribution is 2.39. The monoisotopic (exact) mass is 271 g/mol. The molecule has 0 radical (unpaired) electrons. The lowest BCUT2D eigenvalue weighted by atomic mass is 10.0. The van der Waals surface area contributed by atoms with Gasteiger partial charge in [-0.1, -0.05) is 54.9 Å². The number of hydrogen-bond donors (Lipinski definition) is 0. The molecule has 0 N–H and O–H groups in total. The van der Waals surface area contributed by atoms with E-state index in [-0.39, 0.29) is 0 Å². The van der Waals surface area contributed by atoms with Crippen LogP contribution in [-0.4, -0.2) is 4.98 Å². The van der Waals surface area contributed by atoms with E-state index in [2.05, 4.69) is 56.1 Å². The Bertz CT molecular complexity index is 522. The first-order chi connectivity index (χ1) is 9.20. The van der Waals surface area contributed by atoms with Gasteiger partial charge in [0.1, 0.15) is 0 Å². The molecule has 0 bridgehead atoms. The first kappa shape index (κ1) is 14.1. The highest BCUT2D eigenvalue weighted by Gasteiger charge is 2.15. The van der Waals surface area contributed by atoms with E-state index in [0.717, 1.165) is 5.03 Å². The molecule has 0 fully saturated rings. The third-order valence-electron chi connectivity index (χ3n) is 3.23. The topological polar surface area (TPSA) is 12.9 Å². The van der Waals surface area contributed by atoms with Gasteiger partial charge in [-0.3, -0.25) is 0 Å². The maximum atomic E-state index is 4.44. The summed E-state index contributed by atoms with van der Waals surface area (Å²) in [6, 6.07) is 12.9. The fourth-order valence-electron chi connectivity index (χ4n) is 2.21. The smallest absolute Gasteiger partial charge is 0.0965 e. The normalized spacial score (nSPS) is 12.4. The van der Waals surface area contributed by atoms with E-state index in [1.54, 1.807) is 0 Å². The Hall–Kier alpha value is -1.28. The van der Waals surface area contributed by atoms with Gasteiger partial charge in [0.05, 0.1) is 5.03 Å². The summed E-state index contributed by atoms with van der Waals surface area (Å²) in [7, 11) is 0. The van der Waals surface area contributed by atoms with Crippen molar-refractivity contribution < 1.29 is 0 Å². The molecule has 0 aliphatic rings. The van der Waals surface area contributed by atoms with Gasteiger partial charge in [0, 0.05) is 11.4 Å². The molecule has 0 saturated heterocycles. The molecular formula is C17H21NS. The molecule has 0 spiro atoms. The molecule has 0 amide bonds. The van der Waals surface area contributed by atoms with Crippen LogP contribution in [0, 0.1) is 13.8 Å². The minimum Gasteiger partial charge on any atom is -0.250 e. The highest BCUT2D eigenvalue weighted by molar-refractivity contribution is 7.99. The zero-order chi connectivity index (χ0) is 13.7. The fourth-order valence-corrected chi connectivity index (χ4v) is 3.51. The quantitative estimate of drug-likeness (QED) is 0.681. The lowest BCUT2D eigenvalue weighted by molar-refractivity contribution is 0.772. The molecule has 19 heavy (non-hydrogen) atoms. The van der Waals surface area contributed by atoms with Crippen LogP contribution in [0.2, 0.25) is 0 Å². The molecule has 2 aromatic rings. The Morgan fingerprint density at radius 1 is 1.16 bits per heavy atom. The van der Waals surface area contributed by atoms with Gasteiger partial charge < -0.3 is 0 Å². The van der Waals surface area contributed by atoms with Crippen LogP contribution in [0.3, 0.4) is 0 Å². The van der Waals surface area contributed by atoms with Crippen molar-refractivity contribution in [1.29, 1.82) is 0 Å². The molecule has 2 rings (SSSR count).